The molecular weight excluding hydrogens is 308 g/mol. The molecule has 140 valence electrons. The van der Waals surface area contributed by atoms with Crippen LogP contribution in [0.4, 0.5) is 0 Å². The van der Waals surface area contributed by atoms with Crippen molar-refractivity contribution in [1.29, 1.82) is 0 Å². The fraction of sp³-hybridized carbons (Fsp3) is 0.889. The van der Waals surface area contributed by atoms with Crippen LogP contribution in [-0.4, -0.2) is 73.2 Å². The number of esters is 2. The first kappa shape index (κ1) is 20.9. The third-order valence-corrected chi connectivity index (χ3v) is 4.45. The summed E-state index contributed by atoms with van der Waals surface area (Å²) in [5.74, 6) is 0.0987. The molecule has 1 heterocycles. The van der Waals surface area contributed by atoms with Crippen LogP contribution in [0.3, 0.4) is 0 Å². The van der Waals surface area contributed by atoms with Crippen molar-refractivity contribution in [3.05, 3.63) is 0 Å². The summed E-state index contributed by atoms with van der Waals surface area (Å²) in [5, 5.41) is 0. The van der Waals surface area contributed by atoms with Gasteiger partial charge in [-0.1, -0.05) is 27.7 Å². The Hall–Kier alpha value is -1.14. The number of rotatable bonds is 8. The van der Waals surface area contributed by atoms with E-state index in [2.05, 4.69) is 9.80 Å². The lowest BCUT2D eigenvalue weighted by molar-refractivity contribution is -0.156. The highest BCUT2D eigenvalue weighted by molar-refractivity contribution is 5.76. The quantitative estimate of drug-likeness (QED) is 0.627. The molecule has 6 heteroatoms. The van der Waals surface area contributed by atoms with Crippen LogP contribution >= 0.6 is 0 Å². The van der Waals surface area contributed by atoms with Crippen LogP contribution < -0.4 is 0 Å². The molecule has 0 aliphatic carbocycles. The van der Waals surface area contributed by atoms with E-state index in [0.717, 1.165) is 26.2 Å². The SMILES string of the molecule is CCOC(=O)[C@H](C(C)C)N1CCN([C@H](C(=O)OCC)C(C)C)CC1. The van der Waals surface area contributed by atoms with Crippen molar-refractivity contribution >= 4 is 11.9 Å². The second kappa shape index (κ2) is 9.99. The summed E-state index contributed by atoms with van der Waals surface area (Å²) in [7, 11) is 0. The Morgan fingerprint density at radius 1 is 0.750 bits per heavy atom. The van der Waals surface area contributed by atoms with Gasteiger partial charge in [0.15, 0.2) is 0 Å². The van der Waals surface area contributed by atoms with E-state index < -0.39 is 0 Å². The molecule has 0 bridgehead atoms. The molecule has 0 amide bonds. The van der Waals surface area contributed by atoms with Crippen molar-refractivity contribution in [1.82, 2.24) is 9.80 Å². The van der Waals surface area contributed by atoms with Gasteiger partial charge in [0.2, 0.25) is 0 Å². The topological polar surface area (TPSA) is 59.1 Å². The molecule has 2 atom stereocenters. The smallest absolute Gasteiger partial charge is 0.323 e. The predicted molar refractivity (Wildman–Crippen MR) is 93.7 cm³/mol. The van der Waals surface area contributed by atoms with Crippen LogP contribution in [0.5, 0.6) is 0 Å². The Bertz CT molecular complexity index is 366. The van der Waals surface area contributed by atoms with Gasteiger partial charge in [0.1, 0.15) is 12.1 Å². The van der Waals surface area contributed by atoms with Crippen LogP contribution in [0, 0.1) is 11.8 Å². The number of nitrogens with zero attached hydrogens (tertiary/aromatic N) is 2. The zero-order valence-electron chi connectivity index (χ0n) is 16.1. The molecule has 0 spiro atoms. The van der Waals surface area contributed by atoms with Crippen molar-refractivity contribution in [2.75, 3.05) is 39.4 Å². The fourth-order valence-corrected chi connectivity index (χ4v) is 3.43. The summed E-state index contributed by atoms with van der Waals surface area (Å²) < 4.78 is 10.5. The van der Waals surface area contributed by atoms with Gasteiger partial charge in [0.05, 0.1) is 13.2 Å². The molecule has 1 rings (SSSR count). The minimum absolute atomic E-state index is 0.147. The van der Waals surface area contributed by atoms with Crippen molar-refractivity contribution in [2.24, 2.45) is 11.8 Å². The van der Waals surface area contributed by atoms with E-state index in [-0.39, 0.29) is 35.9 Å². The second-order valence-electron chi connectivity index (χ2n) is 6.95. The molecule has 0 N–H and O–H groups in total. The maximum absolute atomic E-state index is 12.2. The van der Waals surface area contributed by atoms with Gasteiger partial charge in [-0.15, -0.1) is 0 Å². The van der Waals surface area contributed by atoms with Gasteiger partial charge >= 0.3 is 11.9 Å². The van der Waals surface area contributed by atoms with Gasteiger partial charge in [-0.3, -0.25) is 19.4 Å². The molecule has 1 fully saturated rings. The molecule has 0 aromatic rings. The maximum atomic E-state index is 12.2. The van der Waals surface area contributed by atoms with Gasteiger partial charge in [-0.2, -0.15) is 0 Å². The summed E-state index contributed by atoms with van der Waals surface area (Å²) >= 11 is 0. The first-order valence-electron chi connectivity index (χ1n) is 9.14. The van der Waals surface area contributed by atoms with Gasteiger partial charge in [-0.05, 0) is 25.7 Å². The number of hydrogen-bond acceptors (Lipinski definition) is 6. The molecule has 0 saturated carbocycles. The molecule has 6 nitrogen and oxygen atoms in total. The molecule has 0 unspecified atom stereocenters. The molecular formula is C18H34N2O4. The third-order valence-electron chi connectivity index (χ3n) is 4.45. The highest BCUT2D eigenvalue weighted by Gasteiger charge is 2.36. The molecule has 1 aliphatic heterocycles. The van der Waals surface area contributed by atoms with Gasteiger partial charge in [-0.25, -0.2) is 0 Å². The second-order valence-corrected chi connectivity index (χ2v) is 6.95. The number of carbonyl (C=O) groups excluding carboxylic acids is 2. The van der Waals surface area contributed by atoms with Crippen LogP contribution in [0.1, 0.15) is 41.5 Å². The summed E-state index contributed by atoms with van der Waals surface area (Å²) in [6, 6.07) is -0.431. The van der Waals surface area contributed by atoms with Crippen molar-refractivity contribution < 1.29 is 19.1 Å². The lowest BCUT2D eigenvalue weighted by Gasteiger charge is -2.42. The van der Waals surface area contributed by atoms with E-state index in [9.17, 15) is 9.59 Å². The summed E-state index contributed by atoms with van der Waals surface area (Å²) in [6.07, 6.45) is 0. The normalized spacial score (nSPS) is 19.3. The number of ether oxygens (including phenoxy) is 2. The van der Waals surface area contributed by atoms with Crippen molar-refractivity contribution in [3.63, 3.8) is 0 Å². The average molecular weight is 342 g/mol. The lowest BCUT2D eigenvalue weighted by atomic mass is 9.99. The van der Waals surface area contributed by atoms with E-state index in [1.165, 1.54) is 0 Å². The Balaban J connectivity index is 2.72. The summed E-state index contributed by atoms with van der Waals surface area (Å²) in [5.41, 5.74) is 0. The third kappa shape index (κ3) is 5.45. The molecule has 0 aromatic heterocycles. The lowest BCUT2D eigenvalue weighted by Crippen LogP contribution is -2.58. The fourth-order valence-electron chi connectivity index (χ4n) is 3.43. The van der Waals surface area contributed by atoms with E-state index in [0.29, 0.717) is 13.2 Å². The molecule has 0 aromatic carbocycles. The molecule has 24 heavy (non-hydrogen) atoms. The molecule has 1 aliphatic rings. The standard InChI is InChI=1S/C18H34N2O4/c1-7-23-17(21)15(13(3)4)19-9-11-20(12-10-19)16(14(5)6)18(22)24-8-2/h13-16H,7-12H2,1-6H3/t15-,16-/m0/s1. The monoisotopic (exact) mass is 342 g/mol. The first-order valence-corrected chi connectivity index (χ1v) is 9.14. The number of carbonyl (C=O) groups is 2. The maximum Gasteiger partial charge on any atom is 0.323 e. The minimum atomic E-state index is -0.216. The van der Waals surface area contributed by atoms with E-state index in [1.54, 1.807) is 0 Å². The van der Waals surface area contributed by atoms with Crippen molar-refractivity contribution in [3.8, 4) is 0 Å². The molecule has 0 radical (unpaired) electrons. The van der Waals surface area contributed by atoms with Gasteiger partial charge in [0, 0.05) is 26.2 Å². The van der Waals surface area contributed by atoms with Crippen molar-refractivity contribution in [2.45, 2.75) is 53.6 Å². The Morgan fingerprint density at radius 3 is 1.25 bits per heavy atom. The zero-order chi connectivity index (χ0) is 18.3. The summed E-state index contributed by atoms with van der Waals surface area (Å²) in [4.78, 5) is 28.9. The Morgan fingerprint density at radius 2 is 1.04 bits per heavy atom. The van der Waals surface area contributed by atoms with Crippen LogP contribution in [0.25, 0.3) is 0 Å². The van der Waals surface area contributed by atoms with E-state index in [1.807, 2.05) is 41.5 Å². The highest BCUT2D eigenvalue weighted by Crippen LogP contribution is 2.20. The number of piperazine rings is 1. The van der Waals surface area contributed by atoms with E-state index >= 15 is 0 Å². The predicted octanol–water partition coefficient (Wildman–Crippen LogP) is 1.78. The molecule has 1 saturated heterocycles. The Labute approximate surface area is 146 Å². The Kier molecular flexibility index (Phi) is 8.70. The van der Waals surface area contributed by atoms with E-state index in [4.69, 9.17) is 9.47 Å². The van der Waals surface area contributed by atoms with Crippen LogP contribution in [0.2, 0.25) is 0 Å². The van der Waals surface area contributed by atoms with Crippen LogP contribution in [-0.2, 0) is 19.1 Å². The zero-order valence-corrected chi connectivity index (χ0v) is 16.1. The van der Waals surface area contributed by atoms with Gasteiger partial charge < -0.3 is 9.47 Å². The van der Waals surface area contributed by atoms with Crippen LogP contribution in [0.15, 0.2) is 0 Å². The van der Waals surface area contributed by atoms with Gasteiger partial charge in [0.25, 0.3) is 0 Å². The highest BCUT2D eigenvalue weighted by atomic mass is 16.5. The summed E-state index contributed by atoms with van der Waals surface area (Å²) in [6.45, 7) is 15.7. The minimum Gasteiger partial charge on any atom is -0.465 e. The average Bonchev–Trinajstić information content (AvgIpc) is 2.49. The first-order chi connectivity index (χ1) is 11.3. The largest absolute Gasteiger partial charge is 0.465 e. The number of hydrogen-bond donors (Lipinski definition) is 0.